The van der Waals surface area contributed by atoms with E-state index in [9.17, 15) is 4.39 Å². The third-order valence-electron chi connectivity index (χ3n) is 3.30. The van der Waals surface area contributed by atoms with E-state index in [1.807, 2.05) is 17.9 Å². The number of benzene rings is 1. The molecule has 0 aliphatic carbocycles. The molecule has 1 aromatic rings. The van der Waals surface area contributed by atoms with Crippen molar-refractivity contribution in [1.82, 2.24) is 0 Å². The molecule has 2 N–H and O–H groups in total. The van der Waals surface area contributed by atoms with E-state index in [4.69, 9.17) is 10.5 Å². The topological polar surface area (TPSA) is 38.5 Å². The van der Waals surface area contributed by atoms with E-state index in [2.05, 4.69) is 0 Å². The summed E-state index contributed by atoms with van der Waals surface area (Å²) in [5.74, 6) is -0.198. The maximum atomic E-state index is 14.0. The van der Waals surface area contributed by atoms with Gasteiger partial charge in [0.1, 0.15) is 5.82 Å². The van der Waals surface area contributed by atoms with Gasteiger partial charge in [0.2, 0.25) is 0 Å². The summed E-state index contributed by atoms with van der Waals surface area (Å²) in [6, 6.07) is 4.92. The molecule has 1 aliphatic heterocycles. The Bertz CT molecular complexity index is 395. The largest absolute Gasteiger partial charge is 0.380 e. The van der Waals surface area contributed by atoms with Crippen molar-refractivity contribution in [1.29, 1.82) is 0 Å². The second-order valence-electron chi connectivity index (χ2n) is 4.56. The summed E-state index contributed by atoms with van der Waals surface area (Å²) in [4.78, 5) is 2.03. The summed E-state index contributed by atoms with van der Waals surface area (Å²) in [5, 5.41) is 0. The highest BCUT2D eigenvalue weighted by atomic mass is 19.1. The molecule has 0 saturated carbocycles. The van der Waals surface area contributed by atoms with Crippen molar-refractivity contribution in [3.05, 3.63) is 29.6 Å². The lowest BCUT2D eigenvalue weighted by Gasteiger charge is -2.24. The van der Waals surface area contributed by atoms with Crippen LogP contribution in [0.1, 0.15) is 24.9 Å². The number of para-hydroxylation sites is 1. The van der Waals surface area contributed by atoms with Gasteiger partial charge in [-0.05, 0) is 25.0 Å². The first-order valence-corrected chi connectivity index (χ1v) is 5.95. The molecule has 1 fully saturated rings. The Morgan fingerprint density at radius 3 is 2.88 bits per heavy atom. The molecule has 3 nitrogen and oxygen atoms in total. The number of hydrogen-bond acceptors (Lipinski definition) is 3. The van der Waals surface area contributed by atoms with Gasteiger partial charge in [-0.3, -0.25) is 0 Å². The Balaban J connectivity index is 2.31. The third kappa shape index (κ3) is 2.42. The number of nitrogens with zero attached hydrogens (tertiary/aromatic N) is 1. The number of rotatable bonds is 3. The first-order valence-electron chi connectivity index (χ1n) is 5.95. The van der Waals surface area contributed by atoms with Crippen LogP contribution in [0.15, 0.2) is 18.2 Å². The molecule has 1 heterocycles. The number of methoxy groups -OCH3 is 1. The summed E-state index contributed by atoms with van der Waals surface area (Å²) < 4.78 is 19.3. The lowest BCUT2D eigenvalue weighted by Crippen LogP contribution is -2.25. The molecule has 1 aliphatic rings. The van der Waals surface area contributed by atoms with Gasteiger partial charge in [-0.15, -0.1) is 0 Å². The minimum absolute atomic E-state index is 0.165. The first-order chi connectivity index (χ1) is 8.13. The van der Waals surface area contributed by atoms with Crippen LogP contribution in [-0.4, -0.2) is 26.3 Å². The van der Waals surface area contributed by atoms with Crippen molar-refractivity contribution in [2.24, 2.45) is 5.73 Å². The number of halogens is 1. The molecule has 4 heteroatoms. The monoisotopic (exact) mass is 238 g/mol. The minimum Gasteiger partial charge on any atom is -0.380 e. The van der Waals surface area contributed by atoms with Gasteiger partial charge >= 0.3 is 0 Å². The van der Waals surface area contributed by atoms with Crippen LogP contribution in [-0.2, 0) is 4.74 Å². The Morgan fingerprint density at radius 1 is 1.53 bits per heavy atom. The van der Waals surface area contributed by atoms with Crippen molar-refractivity contribution in [3.8, 4) is 0 Å². The molecule has 0 bridgehead atoms. The zero-order chi connectivity index (χ0) is 12.4. The molecule has 0 radical (unpaired) electrons. The van der Waals surface area contributed by atoms with Gasteiger partial charge in [-0.25, -0.2) is 4.39 Å². The summed E-state index contributed by atoms with van der Waals surface area (Å²) in [5.41, 5.74) is 7.40. The van der Waals surface area contributed by atoms with Crippen LogP contribution in [0.2, 0.25) is 0 Å². The smallest absolute Gasteiger partial charge is 0.146 e. The Morgan fingerprint density at radius 2 is 2.29 bits per heavy atom. The van der Waals surface area contributed by atoms with Crippen molar-refractivity contribution in [2.45, 2.75) is 25.5 Å². The maximum absolute atomic E-state index is 14.0. The SMILES string of the molecule is COC1CCN(c2c(F)cccc2[C@@H](C)N)C1. The lowest BCUT2D eigenvalue weighted by molar-refractivity contribution is 0.121. The summed E-state index contributed by atoms with van der Waals surface area (Å²) in [7, 11) is 1.70. The maximum Gasteiger partial charge on any atom is 0.146 e. The highest BCUT2D eigenvalue weighted by Gasteiger charge is 2.26. The molecular formula is C13H19FN2O. The standard InChI is InChI=1S/C13H19FN2O/c1-9(15)11-4-3-5-12(14)13(11)16-7-6-10(8-16)17-2/h3-5,9-10H,6-8,15H2,1-2H3/t9-,10?/m1/s1. The van der Waals surface area contributed by atoms with E-state index < -0.39 is 0 Å². The van der Waals surface area contributed by atoms with Crippen LogP contribution >= 0.6 is 0 Å². The fourth-order valence-corrected chi connectivity index (χ4v) is 2.36. The van der Waals surface area contributed by atoms with Gasteiger partial charge in [0.25, 0.3) is 0 Å². The van der Waals surface area contributed by atoms with Crippen molar-refractivity contribution < 1.29 is 9.13 Å². The van der Waals surface area contributed by atoms with Gasteiger partial charge in [-0.1, -0.05) is 12.1 Å². The highest BCUT2D eigenvalue weighted by Crippen LogP contribution is 2.31. The van der Waals surface area contributed by atoms with Crippen molar-refractivity contribution in [2.75, 3.05) is 25.1 Å². The second kappa shape index (κ2) is 5.02. The molecule has 2 atom stereocenters. The van der Waals surface area contributed by atoms with Gasteiger partial charge < -0.3 is 15.4 Å². The van der Waals surface area contributed by atoms with Gasteiger partial charge in [0, 0.05) is 26.2 Å². The van der Waals surface area contributed by atoms with E-state index in [1.165, 1.54) is 6.07 Å². The first kappa shape index (κ1) is 12.3. The van der Waals surface area contributed by atoms with E-state index in [-0.39, 0.29) is 18.0 Å². The van der Waals surface area contributed by atoms with Crippen LogP contribution in [0.3, 0.4) is 0 Å². The van der Waals surface area contributed by atoms with Crippen LogP contribution < -0.4 is 10.6 Å². The van der Waals surface area contributed by atoms with Crippen LogP contribution in [0.5, 0.6) is 0 Å². The minimum atomic E-state index is -0.198. The number of ether oxygens (including phenoxy) is 1. The molecule has 17 heavy (non-hydrogen) atoms. The fraction of sp³-hybridized carbons (Fsp3) is 0.538. The number of anilines is 1. The molecule has 1 unspecified atom stereocenters. The molecule has 94 valence electrons. The summed E-state index contributed by atoms with van der Waals surface area (Å²) in [6.45, 7) is 3.43. The van der Waals surface area contributed by atoms with E-state index in [0.717, 1.165) is 25.1 Å². The Hall–Kier alpha value is -1.13. The van der Waals surface area contributed by atoms with Crippen LogP contribution in [0, 0.1) is 5.82 Å². The highest BCUT2D eigenvalue weighted by molar-refractivity contribution is 5.56. The number of hydrogen-bond donors (Lipinski definition) is 1. The second-order valence-corrected chi connectivity index (χ2v) is 4.56. The van der Waals surface area contributed by atoms with Gasteiger partial charge in [-0.2, -0.15) is 0 Å². The fourth-order valence-electron chi connectivity index (χ4n) is 2.36. The average molecular weight is 238 g/mol. The Kier molecular flexibility index (Phi) is 3.64. The van der Waals surface area contributed by atoms with Gasteiger partial charge in [0.05, 0.1) is 11.8 Å². The molecule has 2 rings (SSSR count). The number of nitrogens with two attached hydrogens (primary N) is 1. The summed E-state index contributed by atoms with van der Waals surface area (Å²) >= 11 is 0. The molecule has 1 saturated heterocycles. The van der Waals surface area contributed by atoms with Gasteiger partial charge in [0.15, 0.2) is 0 Å². The van der Waals surface area contributed by atoms with Crippen molar-refractivity contribution in [3.63, 3.8) is 0 Å². The quantitative estimate of drug-likeness (QED) is 0.876. The lowest BCUT2D eigenvalue weighted by atomic mass is 10.1. The normalized spacial score (nSPS) is 21.9. The zero-order valence-electron chi connectivity index (χ0n) is 10.3. The van der Waals surface area contributed by atoms with E-state index in [1.54, 1.807) is 13.2 Å². The molecule has 0 spiro atoms. The van der Waals surface area contributed by atoms with Crippen LogP contribution in [0.25, 0.3) is 0 Å². The molecule has 0 aromatic heterocycles. The Labute approximate surface area is 101 Å². The van der Waals surface area contributed by atoms with E-state index in [0.29, 0.717) is 5.69 Å². The predicted molar refractivity (Wildman–Crippen MR) is 66.6 cm³/mol. The molecule has 1 aromatic carbocycles. The average Bonchev–Trinajstić information content (AvgIpc) is 2.76. The van der Waals surface area contributed by atoms with Crippen LogP contribution in [0.4, 0.5) is 10.1 Å². The molecule has 0 amide bonds. The zero-order valence-corrected chi connectivity index (χ0v) is 10.3. The molecular weight excluding hydrogens is 219 g/mol. The summed E-state index contributed by atoms with van der Waals surface area (Å²) in [6.07, 6.45) is 1.12. The van der Waals surface area contributed by atoms with Crippen molar-refractivity contribution >= 4 is 5.69 Å². The van der Waals surface area contributed by atoms with E-state index >= 15 is 0 Å². The predicted octanol–water partition coefficient (Wildman–Crippen LogP) is 2.07. The third-order valence-corrected chi connectivity index (χ3v) is 3.30.